The highest BCUT2D eigenvalue weighted by atomic mass is 16.2. The van der Waals surface area contributed by atoms with Gasteiger partial charge in [-0.25, -0.2) is 4.79 Å². The lowest BCUT2D eigenvalue weighted by molar-refractivity contribution is 0.0943. The first-order valence-corrected chi connectivity index (χ1v) is 12.2. The third kappa shape index (κ3) is 5.50. The number of rotatable bonds is 4. The van der Waals surface area contributed by atoms with Crippen LogP contribution in [0.4, 0.5) is 4.79 Å². The van der Waals surface area contributed by atoms with Crippen LogP contribution in [0.5, 0.6) is 0 Å². The number of hydrogen-bond donors (Lipinski definition) is 4. The Labute approximate surface area is 209 Å². The zero-order chi connectivity index (χ0) is 24.9. The number of pyridine rings is 1. The number of aromatic nitrogens is 1. The van der Waals surface area contributed by atoms with E-state index in [0.717, 1.165) is 35.1 Å². The topological polar surface area (TPSA) is 125 Å². The molecule has 2 aliphatic heterocycles. The number of likely N-dealkylation sites (tertiary alicyclic amines) is 1. The van der Waals surface area contributed by atoms with Crippen LogP contribution in [0.1, 0.15) is 57.6 Å². The molecule has 1 unspecified atom stereocenters. The molecule has 0 spiro atoms. The summed E-state index contributed by atoms with van der Waals surface area (Å²) in [6.07, 6.45) is 12.6. The van der Waals surface area contributed by atoms with Crippen molar-refractivity contribution in [3.05, 3.63) is 64.5 Å². The Balaban J connectivity index is 0.00000241. The molecule has 1 fully saturated rings. The van der Waals surface area contributed by atoms with Crippen LogP contribution in [-0.4, -0.2) is 64.1 Å². The zero-order valence-corrected chi connectivity index (χ0v) is 20.4. The standard InChI is InChI=1S/C26H33N7O2.2H2/c1-3-29-26(35)32-12-10-19-15-30-22(14-20(19)16-32)25(34)31-21-8-6-7-18(13-17(21)2)24(28)33-11-5-4-9-23(33)27;;/h6-8,13-15,21,27-28H,3-5,9-12,16H2,1-2H3,(H,29,35)(H,31,34);2*1H. The lowest BCUT2D eigenvalue weighted by Gasteiger charge is -2.30. The van der Waals surface area contributed by atoms with Crippen LogP contribution in [-0.2, 0) is 13.0 Å². The number of carbonyl (C=O) groups is 2. The maximum Gasteiger partial charge on any atom is 0.317 e. The molecule has 35 heavy (non-hydrogen) atoms. The summed E-state index contributed by atoms with van der Waals surface area (Å²) in [6, 6.07) is 1.34. The summed E-state index contributed by atoms with van der Waals surface area (Å²) < 4.78 is 0. The average molecular weight is 480 g/mol. The molecule has 9 nitrogen and oxygen atoms in total. The van der Waals surface area contributed by atoms with Crippen molar-refractivity contribution in [1.82, 2.24) is 25.4 Å². The Kier molecular flexibility index (Phi) is 7.43. The zero-order valence-electron chi connectivity index (χ0n) is 20.4. The van der Waals surface area contributed by atoms with Gasteiger partial charge in [-0.2, -0.15) is 0 Å². The number of allylic oxidation sites excluding steroid dienone is 2. The first-order chi connectivity index (χ1) is 16.9. The van der Waals surface area contributed by atoms with Crippen molar-refractivity contribution < 1.29 is 12.4 Å². The second-order valence-corrected chi connectivity index (χ2v) is 9.10. The number of nitrogens with zero attached hydrogens (tertiary/aromatic N) is 3. The molecule has 4 N–H and O–H groups in total. The van der Waals surface area contributed by atoms with Gasteiger partial charge in [0, 0.05) is 47.2 Å². The number of hydrogen-bond acceptors (Lipinski definition) is 5. The summed E-state index contributed by atoms with van der Waals surface area (Å²) >= 11 is 0. The number of amides is 3. The quantitative estimate of drug-likeness (QED) is 0.389. The number of amidine groups is 2. The lowest BCUT2D eigenvalue weighted by Crippen LogP contribution is -2.42. The molecule has 1 aromatic rings. The molecular weight excluding hydrogens is 442 g/mol. The summed E-state index contributed by atoms with van der Waals surface area (Å²) in [6.45, 7) is 6.16. The molecule has 3 heterocycles. The monoisotopic (exact) mass is 479 g/mol. The number of piperidine rings is 1. The normalized spacial score (nSPS) is 19.8. The summed E-state index contributed by atoms with van der Waals surface area (Å²) in [4.78, 5) is 33.2. The number of carbonyl (C=O) groups excluding carboxylic acids is 2. The fourth-order valence-electron chi connectivity index (χ4n) is 4.56. The van der Waals surface area contributed by atoms with E-state index in [1.54, 1.807) is 22.1 Å². The fourth-order valence-corrected chi connectivity index (χ4v) is 4.56. The van der Waals surface area contributed by atoms with E-state index >= 15 is 0 Å². The summed E-state index contributed by atoms with van der Waals surface area (Å²) in [7, 11) is 0. The second kappa shape index (κ2) is 10.7. The molecule has 0 aromatic carbocycles. The highest BCUT2D eigenvalue weighted by Crippen LogP contribution is 2.21. The molecule has 4 rings (SSSR count). The van der Waals surface area contributed by atoms with E-state index in [4.69, 9.17) is 10.8 Å². The molecule has 9 heteroatoms. The minimum Gasteiger partial charge on any atom is -0.341 e. The summed E-state index contributed by atoms with van der Waals surface area (Å²) in [5, 5.41) is 22.6. The Bertz CT molecular complexity index is 1150. The van der Waals surface area contributed by atoms with Crippen LogP contribution >= 0.6 is 0 Å². The van der Waals surface area contributed by atoms with Crippen LogP contribution in [0.25, 0.3) is 0 Å². The number of urea groups is 1. The van der Waals surface area contributed by atoms with Crippen molar-refractivity contribution in [3.63, 3.8) is 0 Å². The van der Waals surface area contributed by atoms with Gasteiger partial charge < -0.3 is 20.4 Å². The Morgan fingerprint density at radius 3 is 2.83 bits per heavy atom. The molecule has 0 bridgehead atoms. The Morgan fingerprint density at radius 1 is 1.23 bits per heavy atom. The van der Waals surface area contributed by atoms with Gasteiger partial charge in [-0.3, -0.25) is 20.6 Å². The number of nitrogens with one attached hydrogen (secondary N) is 4. The molecule has 0 radical (unpaired) electrons. The van der Waals surface area contributed by atoms with Crippen LogP contribution in [0.3, 0.4) is 0 Å². The van der Waals surface area contributed by atoms with Gasteiger partial charge in [0.15, 0.2) is 0 Å². The second-order valence-electron chi connectivity index (χ2n) is 9.10. The van der Waals surface area contributed by atoms with Gasteiger partial charge in [0.25, 0.3) is 5.91 Å². The molecular formula is C26H37N7O2. The van der Waals surface area contributed by atoms with Gasteiger partial charge in [0.2, 0.25) is 0 Å². The third-order valence-electron chi connectivity index (χ3n) is 6.60. The molecule has 1 aliphatic carbocycles. The maximum absolute atomic E-state index is 13.1. The molecule has 1 atom stereocenters. The summed E-state index contributed by atoms with van der Waals surface area (Å²) in [5.41, 5.74) is 3.93. The molecule has 188 valence electrons. The minimum absolute atomic E-state index is 0. The van der Waals surface area contributed by atoms with Gasteiger partial charge >= 0.3 is 6.03 Å². The predicted octanol–water partition coefficient (Wildman–Crippen LogP) is 3.64. The molecule has 1 aromatic heterocycles. The minimum atomic E-state index is -0.338. The van der Waals surface area contributed by atoms with E-state index in [9.17, 15) is 9.59 Å². The molecule has 1 saturated heterocycles. The predicted molar refractivity (Wildman–Crippen MR) is 140 cm³/mol. The lowest BCUT2D eigenvalue weighted by atomic mass is 10.0. The van der Waals surface area contributed by atoms with Crippen LogP contribution in [0.2, 0.25) is 0 Å². The summed E-state index contributed by atoms with van der Waals surface area (Å²) in [5.74, 6) is 0.510. The average Bonchev–Trinajstić information content (AvgIpc) is 3.04. The van der Waals surface area contributed by atoms with Crippen molar-refractivity contribution in [2.75, 3.05) is 19.6 Å². The van der Waals surface area contributed by atoms with Crippen LogP contribution in [0.15, 0.2) is 47.7 Å². The maximum atomic E-state index is 13.1. The van der Waals surface area contributed by atoms with Crippen molar-refractivity contribution >= 4 is 23.6 Å². The Morgan fingerprint density at radius 2 is 2.06 bits per heavy atom. The fraction of sp³-hybridized carbons (Fsp3) is 0.423. The van der Waals surface area contributed by atoms with E-state index in [2.05, 4.69) is 15.6 Å². The van der Waals surface area contributed by atoms with Crippen molar-refractivity contribution in [2.24, 2.45) is 0 Å². The third-order valence-corrected chi connectivity index (χ3v) is 6.60. The molecule has 0 saturated carbocycles. The van der Waals surface area contributed by atoms with Crippen molar-refractivity contribution in [2.45, 2.75) is 52.1 Å². The van der Waals surface area contributed by atoms with Crippen LogP contribution in [0, 0.1) is 10.8 Å². The SMILES string of the molecule is CCNC(=O)N1CCc2cnc(C(=O)NC3C=CC=C(C(=N)N4CCCCC4=N)C=C3C)cc2C1.[HH].[HH]. The first kappa shape index (κ1) is 24.4. The van der Waals surface area contributed by atoms with E-state index in [-0.39, 0.29) is 20.8 Å². The van der Waals surface area contributed by atoms with E-state index in [1.165, 1.54) is 0 Å². The van der Waals surface area contributed by atoms with E-state index in [1.807, 2.05) is 38.2 Å². The van der Waals surface area contributed by atoms with E-state index < -0.39 is 0 Å². The number of fused-ring (bicyclic) bond motifs is 1. The highest BCUT2D eigenvalue weighted by molar-refractivity contribution is 6.08. The van der Waals surface area contributed by atoms with Gasteiger partial charge in [-0.1, -0.05) is 18.2 Å². The molecule has 3 amide bonds. The van der Waals surface area contributed by atoms with Crippen LogP contribution < -0.4 is 10.6 Å². The highest BCUT2D eigenvalue weighted by Gasteiger charge is 2.24. The smallest absolute Gasteiger partial charge is 0.317 e. The van der Waals surface area contributed by atoms with E-state index in [0.29, 0.717) is 56.4 Å². The van der Waals surface area contributed by atoms with Crippen molar-refractivity contribution in [3.8, 4) is 0 Å². The van der Waals surface area contributed by atoms with Gasteiger partial charge in [0.1, 0.15) is 17.4 Å². The van der Waals surface area contributed by atoms with Gasteiger partial charge in [0.05, 0.1) is 6.04 Å². The largest absolute Gasteiger partial charge is 0.341 e. The van der Waals surface area contributed by atoms with Crippen molar-refractivity contribution in [1.29, 1.82) is 10.8 Å². The first-order valence-electron chi connectivity index (χ1n) is 12.2. The van der Waals surface area contributed by atoms with Gasteiger partial charge in [-0.15, -0.1) is 0 Å². The Hall–Kier alpha value is -3.75. The molecule has 3 aliphatic rings. The van der Waals surface area contributed by atoms with Gasteiger partial charge in [-0.05, 0) is 62.0 Å².